The van der Waals surface area contributed by atoms with Crippen molar-refractivity contribution in [1.82, 2.24) is 0 Å². The fourth-order valence-electron chi connectivity index (χ4n) is 5.76. The van der Waals surface area contributed by atoms with Gasteiger partial charge in [-0.2, -0.15) is 0 Å². The van der Waals surface area contributed by atoms with Crippen LogP contribution in [0.1, 0.15) is 38.5 Å². The van der Waals surface area contributed by atoms with Crippen LogP contribution in [0.4, 0.5) is 5.69 Å². The highest BCUT2D eigenvalue weighted by atomic mass is 35.5. The summed E-state index contributed by atoms with van der Waals surface area (Å²) in [7, 11) is 0. The first kappa shape index (κ1) is 14.7. The first-order valence-corrected chi connectivity index (χ1v) is 9.40. The van der Waals surface area contributed by atoms with Crippen LogP contribution in [0, 0.1) is 23.7 Å². The largest absolute Gasteiger partial charge is 0.274 e. The Morgan fingerprint density at radius 2 is 1.42 bits per heavy atom. The van der Waals surface area contributed by atoms with Crippen LogP contribution < -0.4 is 4.90 Å². The van der Waals surface area contributed by atoms with Crippen LogP contribution in [-0.2, 0) is 9.59 Å². The van der Waals surface area contributed by atoms with Crippen LogP contribution >= 0.6 is 11.6 Å². The molecule has 3 nitrogen and oxygen atoms in total. The normalized spacial score (nSPS) is 34.6. The lowest BCUT2D eigenvalue weighted by molar-refractivity contribution is -0.122. The molecule has 4 heteroatoms. The minimum Gasteiger partial charge on any atom is -0.274 e. The van der Waals surface area contributed by atoms with E-state index in [-0.39, 0.29) is 23.7 Å². The Kier molecular flexibility index (Phi) is 3.18. The molecule has 2 saturated carbocycles. The summed E-state index contributed by atoms with van der Waals surface area (Å²) in [6.07, 6.45) is 6.70. The number of anilines is 1. The number of imide groups is 1. The number of carbonyl (C=O) groups excluding carboxylic acids is 2. The summed E-state index contributed by atoms with van der Waals surface area (Å²) in [4.78, 5) is 27.9. The second kappa shape index (κ2) is 5.19. The van der Waals surface area contributed by atoms with Gasteiger partial charge in [0.15, 0.2) is 0 Å². The highest BCUT2D eigenvalue weighted by Crippen LogP contribution is 2.58. The first-order chi connectivity index (χ1) is 11.7. The number of hydrogen-bond acceptors (Lipinski definition) is 2. The van der Waals surface area contributed by atoms with E-state index in [0.717, 1.165) is 38.5 Å². The van der Waals surface area contributed by atoms with Gasteiger partial charge in [0.1, 0.15) is 0 Å². The maximum Gasteiger partial charge on any atom is 0.238 e. The van der Waals surface area contributed by atoms with Crippen molar-refractivity contribution >= 4 is 29.1 Å². The molecule has 3 aliphatic carbocycles. The quantitative estimate of drug-likeness (QED) is 0.562. The summed E-state index contributed by atoms with van der Waals surface area (Å²) >= 11 is 6.30. The predicted molar refractivity (Wildman–Crippen MR) is 92.6 cm³/mol. The molecule has 1 aromatic carbocycles. The van der Waals surface area contributed by atoms with Gasteiger partial charge in [0.05, 0.1) is 22.5 Å². The van der Waals surface area contributed by atoms with Crippen molar-refractivity contribution in [2.75, 3.05) is 4.90 Å². The minimum atomic E-state index is -0.155. The van der Waals surface area contributed by atoms with Crippen molar-refractivity contribution in [1.29, 1.82) is 0 Å². The number of allylic oxidation sites excluding steroid dienone is 2. The first-order valence-electron chi connectivity index (χ1n) is 9.02. The SMILES string of the molecule is O=C1[C@@H]2[C@@H](C(=O)N1c1ccccc1Cl)[C@H]1CCCC1=C1CCC[C@@H]12. The number of nitrogens with zero attached hydrogens (tertiary/aromatic N) is 1. The molecule has 0 aromatic heterocycles. The third kappa shape index (κ3) is 1.79. The van der Waals surface area contributed by atoms with Crippen LogP contribution in [-0.4, -0.2) is 11.8 Å². The van der Waals surface area contributed by atoms with Crippen LogP contribution in [0.3, 0.4) is 0 Å². The third-order valence-electron chi connectivity index (χ3n) is 6.59. The lowest BCUT2D eigenvalue weighted by Crippen LogP contribution is -2.35. The second-order valence-electron chi connectivity index (χ2n) is 7.56. The molecule has 3 fully saturated rings. The van der Waals surface area contributed by atoms with Crippen LogP contribution in [0.5, 0.6) is 0 Å². The molecular weight excluding hydrogens is 322 g/mol. The average Bonchev–Trinajstić information content (AvgIpc) is 3.26. The number of para-hydroxylation sites is 1. The number of benzene rings is 1. The Morgan fingerprint density at radius 1 is 0.875 bits per heavy atom. The van der Waals surface area contributed by atoms with Gasteiger partial charge < -0.3 is 0 Å². The van der Waals surface area contributed by atoms with Crippen molar-refractivity contribution in [3.8, 4) is 0 Å². The highest BCUT2D eigenvalue weighted by molar-refractivity contribution is 6.36. The van der Waals surface area contributed by atoms with Crippen molar-refractivity contribution in [2.24, 2.45) is 23.7 Å². The van der Waals surface area contributed by atoms with E-state index in [1.165, 1.54) is 16.0 Å². The zero-order chi connectivity index (χ0) is 16.4. The lowest BCUT2D eigenvalue weighted by Gasteiger charge is -2.34. The molecule has 1 aromatic rings. The van der Waals surface area contributed by atoms with Crippen molar-refractivity contribution in [3.63, 3.8) is 0 Å². The van der Waals surface area contributed by atoms with Gasteiger partial charge in [0.2, 0.25) is 11.8 Å². The Balaban J connectivity index is 1.63. The second-order valence-corrected chi connectivity index (χ2v) is 7.97. The topological polar surface area (TPSA) is 37.4 Å². The molecule has 4 aliphatic rings. The van der Waals surface area contributed by atoms with E-state index in [1.54, 1.807) is 12.1 Å². The van der Waals surface area contributed by atoms with Crippen LogP contribution in [0.25, 0.3) is 0 Å². The van der Waals surface area contributed by atoms with E-state index >= 15 is 0 Å². The van der Waals surface area contributed by atoms with Gasteiger partial charge in [-0.3, -0.25) is 9.59 Å². The third-order valence-corrected chi connectivity index (χ3v) is 6.91. The molecule has 4 atom stereocenters. The minimum absolute atomic E-state index is 0.0200. The molecule has 5 rings (SSSR count). The summed E-state index contributed by atoms with van der Waals surface area (Å²) in [6, 6.07) is 7.20. The maximum atomic E-state index is 13.3. The smallest absolute Gasteiger partial charge is 0.238 e. The molecule has 1 heterocycles. The average molecular weight is 342 g/mol. The number of hydrogen-bond donors (Lipinski definition) is 0. The van der Waals surface area contributed by atoms with E-state index in [2.05, 4.69) is 0 Å². The Labute approximate surface area is 146 Å². The molecule has 24 heavy (non-hydrogen) atoms. The van der Waals surface area contributed by atoms with Gasteiger partial charge in [-0.15, -0.1) is 0 Å². The molecule has 2 amide bonds. The number of amides is 2. The van der Waals surface area contributed by atoms with Crippen molar-refractivity contribution < 1.29 is 9.59 Å². The van der Waals surface area contributed by atoms with Gasteiger partial charge >= 0.3 is 0 Å². The van der Waals surface area contributed by atoms with Crippen LogP contribution in [0.2, 0.25) is 5.02 Å². The fourth-order valence-corrected chi connectivity index (χ4v) is 5.98. The number of carbonyl (C=O) groups is 2. The monoisotopic (exact) mass is 341 g/mol. The molecule has 0 radical (unpaired) electrons. The van der Waals surface area contributed by atoms with Crippen LogP contribution in [0.15, 0.2) is 35.4 Å². The van der Waals surface area contributed by atoms with Gasteiger partial charge in [-0.05, 0) is 62.5 Å². The summed E-state index contributed by atoms with van der Waals surface area (Å²) in [5, 5.41) is 0.476. The van der Waals surface area contributed by atoms with Gasteiger partial charge in [0, 0.05) is 0 Å². The van der Waals surface area contributed by atoms with E-state index in [4.69, 9.17) is 11.6 Å². The Hall–Kier alpha value is -1.61. The molecular formula is C20H20ClNO2. The molecule has 0 unspecified atom stereocenters. The van der Waals surface area contributed by atoms with Gasteiger partial charge in [-0.1, -0.05) is 34.9 Å². The Bertz CT molecular complexity index is 742. The number of fused-ring (bicyclic) bond motifs is 5. The van der Waals surface area contributed by atoms with Gasteiger partial charge in [0.25, 0.3) is 0 Å². The number of halogens is 1. The lowest BCUT2D eigenvalue weighted by atomic mass is 9.66. The molecule has 1 aliphatic heterocycles. The fraction of sp³-hybridized carbons (Fsp3) is 0.500. The van der Waals surface area contributed by atoms with Crippen molar-refractivity contribution in [3.05, 3.63) is 40.4 Å². The van der Waals surface area contributed by atoms with E-state index < -0.39 is 0 Å². The maximum absolute atomic E-state index is 13.3. The molecule has 124 valence electrons. The molecule has 1 saturated heterocycles. The zero-order valence-corrected chi connectivity index (χ0v) is 14.3. The molecule has 0 spiro atoms. The Morgan fingerprint density at radius 3 is 1.96 bits per heavy atom. The summed E-state index contributed by atoms with van der Waals surface area (Å²) in [5.41, 5.74) is 3.62. The molecule has 0 N–H and O–H groups in total. The zero-order valence-electron chi connectivity index (χ0n) is 13.5. The predicted octanol–water partition coefficient (Wildman–Crippen LogP) is 4.36. The summed E-state index contributed by atoms with van der Waals surface area (Å²) < 4.78 is 0. The molecule has 0 bridgehead atoms. The number of rotatable bonds is 1. The van der Waals surface area contributed by atoms with E-state index in [1.807, 2.05) is 12.1 Å². The van der Waals surface area contributed by atoms with Gasteiger partial charge in [-0.25, -0.2) is 4.90 Å². The summed E-state index contributed by atoms with van der Waals surface area (Å²) in [6.45, 7) is 0. The highest BCUT2D eigenvalue weighted by Gasteiger charge is 2.59. The van der Waals surface area contributed by atoms with E-state index in [0.29, 0.717) is 22.5 Å². The van der Waals surface area contributed by atoms with E-state index in [9.17, 15) is 9.59 Å². The standard InChI is InChI=1S/C20H20ClNO2/c21-15-9-1-2-10-16(15)22-19(23)17-13-7-3-5-11(13)12-6-4-8-14(12)18(17)20(22)24/h1-2,9-10,13-14,17-18H,3-8H2/t13-,14-,17-,18-/m0/s1. The summed E-state index contributed by atoms with van der Waals surface area (Å²) in [5.74, 6) is 0.240. The van der Waals surface area contributed by atoms with Crippen molar-refractivity contribution in [2.45, 2.75) is 38.5 Å².